The number of fused-ring (bicyclic) bond motifs is 2. The minimum Gasteiger partial charge on any atom is -0.478 e. The summed E-state index contributed by atoms with van der Waals surface area (Å²) in [6.07, 6.45) is 6.43. The molecule has 3 aromatic rings. The number of carbonyl (C=O) groups is 4. The van der Waals surface area contributed by atoms with E-state index >= 15 is 0 Å². The molecule has 5 N–H and O–H groups in total. The molecule has 2 aliphatic heterocycles. The van der Waals surface area contributed by atoms with Crippen LogP contribution in [0.3, 0.4) is 0 Å². The van der Waals surface area contributed by atoms with Crippen molar-refractivity contribution in [2.24, 2.45) is 0 Å². The van der Waals surface area contributed by atoms with Crippen molar-refractivity contribution in [1.29, 1.82) is 0 Å². The summed E-state index contributed by atoms with van der Waals surface area (Å²) >= 11 is 0. The lowest BCUT2D eigenvalue weighted by Crippen LogP contribution is -2.60. The van der Waals surface area contributed by atoms with Crippen molar-refractivity contribution in [1.82, 2.24) is 15.4 Å². The van der Waals surface area contributed by atoms with Crippen LogP contribution in [0.25, 0.3) is 11.0 Å². The lowest BCUT2D eigenvalue weighted by Gasteiger charge is -2.50. The maximum Gasteiger partial charge on any atom is 0.328 e. The minimum atomic E-state index is -1.26. The van der Waals surface area contributed by atoms with Gasteiger partial charge in [-0.25, -0.2) is 23.6 Å². The van der Waals surface area contributed by atoms with E-state index in [1.165, 1.54) is 23.3 Å². The number of piperidine rings is 1. The zero-order chi connectivity index (χ0) is 32.3. The van der Waals surface area contributed by atoms with Gasteiger partial charge < -0.3 is 24.9 Å². The van der Waals surface area contributed by atoms with Crippen LogP contribution < -0.4 is 5.32 Å². The van der Waals surface area contributed by atoms with Crippen LogP contribution >= 0.6 is 0 Å². The van der Waals surface area contributed by atoms with Crippen molar-refractivity contribution >= 4 is 34.8 Å². The highest BCUT2D eigenvalue weighted by atomic mass is 19.1. The summed E-state index contributed by atoms with van der Waals surface area (Å²) in [5.74, 6) is -4.95. The Bertz CT molecular complexity index is 1480. The lowest BCUT2D eigenvalue weighted by molar-refractivity contribution is -0.134. The minimum absolute atomic E-state index is 0.0746. The Morgan fingerprint density at radius 2 is 1.52 bits per heavy atom. The van der Waals surface area contributed by atoms with Crippen molar-refractivity contribution in [3.8, 4) is 0 Å². The van der Waals surface area contributed by atoms with Crippen LogP contribution in [0.15, 0.2) is 71.3 Å². The molecular formula is C31H34FN3O9. The molecule has 0 radical (unpaired) electrons. The van der Waals surface area contributed by atoms with Gasteiger partial charge in [-0.3, -0.25) is 10.2 Å². The summed E-state index contributed by atoms with van der Waals surface area (Å²) in [7, 11) is 0. The molecule has 0 saturated carbocycles. The molecule has 13 heteroatoms. The number of aromatic nitrogens is 1. The van der Waals surface area contributed by atoms with Crippen LogP contribution in [0.1, 0.15) is 48.9 Å². The predicted molar refractivity (Wildman–Crippen MR) is 156 cm³/mol. The zero-order valence-electron chi connectivity index (χ0n) is 24.0. The molecule has 5 rings (SSSR count). The van der Waals surface area contributed by atoms with E-state index in [4.69, 9.17) is 24.9 Å². The summed E-state index contributed by atoms with van der Waals surface area (Å²) in [6, 6.07) is 13.6. The van der Waals surface area contributed by atoms with E-state index in [9.17, 15) is 23.6 Å². The van der Waals surface area contributed by atoms with E-state index in [1.807, 2.05) is 0 Å². The fourth-order valence-electron chi connectivity index (χ4n) is 5.51. The number of halogens is 1. The molecule has 44 heavy (non-hydrogen) atoms. The summed E-state index contributed by atoms with van der Waals surface area (Å²) in [5, 5.41) is 40.3. The molecule has 0 spiro atoms. The Labute approximate surface area is 252 Å². The molecular weight excluding hydrogens is 577 g/mol. The molecule has 2 aromatic carbocycles. The standard InChI is InChI=1S/C23H26FN3O.2C4H4O4/c1-2-23(20-6-4-3-5-16(20)9-12-25-23)27-13-10-17(11-14-27)22-19-8-7-18(24)15-21(19)28-26-22;2*5-3(6)1-2-4(7)8/h3-8,15,17,25H,2,9-14H2,1H3;2*1-2H,(H,5,6)(H,7,8). The van der Waals surface area contributed by atoms with Crippen LogP contribution in [0.4, 0.5) is 4.39 Å². The first kappa shape index (κ1) is 33.6. The van der Waals surface area contributed by atoms with E-state index in [0.29, 0.717) is 35.8 Å². The van der Waals surface area contributed by atoms with Gasteiger partial charge in [0.15, 0.2) is 5.58 Å². The van der Waals surface area contributed by atoms with Gasteiger partial charge in [0.1, 0.15) is 5.82 Å². The van der Waals surface area contributed by atoms with Crippen molar-refractivity contribution in [3.05, 3.63) is 89.4 Å². The third-order valence-corrected chi connectivity index (χ3v) is 7.41. The van der Waals surface area contributed by atoms with Gasteiger partial charge in [0.2, 0.25) is 0 Å². The normalized spacial score (nSPS) is 18.6. The van der Waals surface area contributed by atoms with Crippen molar-refractivity contribution in [2.75, 3.05) is 19.6 Å². The molecule has 1 atom stereocenters. The number of rotatable bonds is 7. The Hall–Kier alpha value is -4.88. The zero-order valence-corrected chi connectivity index (χ0v) is 24.0. The van der Waals surface area contributed by atoms with Crippen LogP contribution in [-0.2, 0) is 31.3 Å². The second-order valence-corrected chi connectivity index (χ2v) is 10.0. The number of benzene rings is 2. The monoisotopic (exact) mass is 611 g/mol. The highest BCUT2D eigenvalue weighted by Crippen LogP contribution is 2.40. The van der Waals surface area contributed by atoms with Crippen molar-refractivity contribution in [3.63, 3.8) is 0 Å². The third kappa shape index (κ3) is 8.82. The van der Waals surface area contributed by atoms with Crippen molar-refractivity contribution < 1.29 is 48.5 Å². The lowest BCUT2D eigenvalue weighted by atomic mass is 9.83. The van der Waals surface area contributed by atoms with Crippen LogP contribution in [0.5, 0.6) is 0 Å². The van der Waals surface area contributed by atoms with Gasteiger partial charge in [0, 0.05) is 61.3 Å². The Morgan fingerprint density at radius 3 is 2.07 bits per heavy atom. The number of hydrogen-bond donors (Lipinski definition) is 5. The van der Waals surface area contributed by atoms with Crippen LogP contribution in [-0.4, -0.2) is 74.0 Å². The Morgan fingerprint density at radius 1 is 0.955 bits per heavy atom. The van der Waals surface area contributed by atoms with Gasteiger partial charge in [-0.2, -0.15) is 0 Å². The van der Waals surface area contributed by atoms with E-state index in [1.54, 1.807) is 6.07 Å². The second-order valence-electron chi connectivity index (χ2n) is 10.0. The smallest absolute Gasteiger partial charge is 0.328 e. The van der Waals surface area contributed by atoms with Gasteiger partial charge in [-0.05, 0) is 48.9 Å². The fourth-order valence-corrected chi connectivity index (χ4v) is 5.51. The van der Waals surface area contributed by atoms with E-state index < -0.39 is 23.9 Å². The van der Waals surface area contributed by atoms with E-state index in [2.05, 4.69) is 46.6 Å². The first-order chi connectivity index (χ1) is 21.0. The molecule has 0 aliphatic carbocycles. The quantitative estimate of drug-likeness (QED) is 0.242. The number of carboxylic acids is 4. The first-order valence-corrected chi connectivity index (χ1v) is 13.9. The average Bonchev–Trinajstić information content (AvgIpc) is 3.42. The Balaban J connectivity index is 0.000000275. The van der Waals surface area contributed by atoms with Gasteiger partial charge in [0.05, 0.1) is 11.4 Å². The van der Waals surface area contributed by atoms with Gasteiger partial charge >= 0.3 is 23.9 Å². The highest BCUT2D eigenvalue weighted by molar-refractivity contribution is 5.90. The molecule has 0 bridgehead atoms. The SMILES string of the molecule is CCC1(N2CCC(c3noc4cc(F)ccc34)CC2)NCCc2ccccc21.O=C(O)C=CC(=O)O.O=C(O)C=CC(=O)O. The average molecular weight is 612 g/mol. The Kier molecular flexibility index (Phi) is 11.9. The summed E-state index contributed by atoms with van der Waals surface area (Å²) in [6.45, 7) is 5.32. The van der Waals surface area contributed by atoms with Crippen LogP contribution in [0.2, 0.25) is 0 Å². The maximum atomic E-state index is 13.4. The predicted octanol–water partition coefficient (Wildman–Crippen LogP) is 3.98. The summed E-state index contributed by atoms with van der Waals surface area (Å²) in [5.41, 5.74) is 4.36. The summed E-state index contributed by atoms with van der Waals surface area (Å²) in [4.78, 5) is 40.8. The van der Waals surface area contributed by atoms with Gasteiger partial charge in [0.25, 0.3) is 0 Å². The van der Waals surface area contributed by atoms with E-state index in [-0.39, 0.29) is 11.5 Å². The third-order valence-electron chi connectivity index (χ3n) is 7.41. The second kappa shape index (κ2) is 15.5. The maximum absolute atomic E-state index is 13.4. The van der Waals surface area contributed by atoms with Gasteiger partial charge in [-0.15, -0.1) is 0 Å². The molecule has 12 nitrogen and oxygen atoms in total. The number of aliphatic carboxylic acids is 4. The number of hydrogen-bond acceptors (Lipinski definition) is 8. The molecule has 2 aliphatic rings. The van der Waals surface area contributed by atoms with Gasteiger partial charge in [-0.1, -0.05) is 36.3 Å². The summed E-state index contributed by atoms with van der Waals surface area (Å²) < 4.78 is 18.8. The molecule has 1 aromatic heterocycles. The first-order valence-electron chi connectivity index (χ1n) is 13.9. The largest absolute Gasteiger partial charge is 0.478 e. The van der Waals surface area contributed by atoms with E-state index in [0.717, 1.165) is 56.4 Å². The highest BCUT2D eigenvalue weighted by Gasteiger charge is 2.42. The number of nitrogens with zero attached hydrogens (tertiary/aromatic N) is 2. The number of nitrogens with one attached hydrogen (secondary N) is 1. The fraction of sp³-hybridized carbons (Fsp3) is 0.323. The topological polar surface area (TPSA) is 190 Å². The molecule has 234 valence electrons. The molecule has 0 amide bonds. The molecule has 1 unspecified atom stereocenters. The molecule has 3 heterocycles. The molecule has 1 saturated heterocycles. The molecule has 1 fully saturated rings. The number of likely N-dealkylation sites (tertiary alicyclic amines) is 1. The van der Waals surface area contributed by atoms with Crippen LogP contribution in [0, 0.1) is 5.82 Å². The number of carboxylic acid groups (broad SMARTS) is 4. The van der Waals surface area contributed by atoms with Crippen molar-refractivity contribution in [2.45, 2.75) is 44.2 Å².